The molecule has 4 nitrogen and oxygen atoms in total. The number of hydrogen-bond donors (Lipinski definition) is 2. The summed E-state index contributed by atoms with van der Waals surface area (Å²) in [4.78, 5) is -0.0447. The molecule has 0 bridgehead atoms. The quantitative estimate of drug-likeness (QED) is 0.810. The van der Waals surface area contributed by atoms with Gasteiger partial charge in [-0.05, 0) is 31.2 Å². The van der Waals surface area contributed by atoms with Gasteiger partial charge in [0.1, 0.15) is 0 Å². The Balaban J connectivity index is 2.74. The zero-order chi connectivity index (χ0) is 16.1. The van der Waals surface area contributed by atoms with Crippen molar-refractivity contribution in [3.8, 4) is 0 Å². The van der Waals surface area contributed by atoms with Crippen molar-refractivity contribution in [3.63, 3.8) is 0 Å². The first-order valence-electron chi connectivity index (χ1n) is 6.53. The predicted molar refractivity (Wildman–Crippen MR) is 74.3 cm³/mol. The molecule has 2 N–H and O–H groups in total. The zero-order valence-corrected chi connectivity index (χ0v) is 12.7. The highest BCUT2D eigenvalue weighted by atomic mass is 32.2. The van der Waals surface area contributed by atoms with Crippen molar-refractivity contribution in [1.29, 1.82) is 0 Å². The van der Waals surface area contributed by atoms with Gasteiger partial charge in [0, 0.05) is 12.6 Å². The monoisotopic (exact) mass is 324 g/mol. The van der Waals surface area contributed by atoms with E-state index in [9.17, 15) is 21.6 Å². The lowest BCUT2D eigenvalue weighted by molar-refractivity contribution is -0.137. The lowest BCUT2D eigenvalue weighted by Gasteiger charge is -2.16. The van der Waals surface area contributed by atoms with Crippen molar-refractivity contribution in [2.24, 2.45) is 0 Å². The molecule has 0 saturated heterocycles. The van der Waals surface area contributed by atoms with E-state index in [1.807, 2.05) is 11.6 Å². The fraction of sp³-hybridized carbons (Fsp3) is 0.538. The van der Waals surface area contributed by atoms with E-state index in [1.165, 1.54) is 19.1 Å². The maximum atomic E-state index is 12.2. The Morgan fingerprint density at radius 2 is 1.76 bits per heavy atom. The minimum absolute atomic E-state index is 0.0447. The summed E-state index contributed by atoms with van der Waals surface area (Å²) in [6.45, 7) is 4.53. The standard InChI is InChI=1S/C13H19F3N2O2S/c1-3-17-9-11-4-6-12(7-5-11)21(19,20)18-10(2)8-13(14,15)16/h4-7,10,17-18H,3,8-9H2,1-2H3. The average molecular weight is 324 g/mol. The maximum absolute atomic E-state index is 12.2. The van der Waals surface area contributed by atoms with Crippen LogP contribution in [0.3, 0.4) is 0 Å². The van der Waals surface area contributed by atoms with E-state index in [2.05, 4.69) is 5.32 Å². The van der Waals surface area contributed by atoms with Gasteiger partial charge in [-0.2, -0.15) is 13.2 Å². The summed E-state index contributed by atoms with van der Waals surface area (Å²) < 4.78 is 62.6. The smallest absolute Gasteiger partial charge is 0.313 e. The van der Waals surface area contributed by atoms with Gasteiger partial charge < -0.3 is 5.32 Å². The second-order valence-corrected chi connectivity index (χ2v) is 6.48. The Kier molecular flexibility index (Phi) is 6.18. The third kappa shape index (κ3) is 6.45. The Bertz CT molecular complexity index is 542. The van der Waals surface area contributed by atoms with E-state index in [0.29, 0.717) is 6.54 Å². The molecule has 0 aromatic heterocycles. The molecule has 1 rings (SSSR count). The summed E-state index contributed by atoms with van der Waals surface area (Å²) >= 11 is 0. The molecule has 0 aliphatic carbocycles. The van der Waals surface area contributed by atoms with E-state index >= 15 is 0 Å². The molecule has 1 unspecified atom stereocenters. The summed E-state index contributed by atoms with van der Waals surface area (Å²) in [6, 6.07) is 4.82. The number of sulfonamides is 1. The second-order valence-electron chi connectivity index (χ2n) is 4.77. The van der Waals surface area contributed by atoms with E-state index in [1.54, 1.807) is 12.1 Å². The molecule has 1 aromatic carbocycles. The number of nitrogens with one attached hydrogen (secondary N) is 2. The summed E-state index contributed by atoms with van der Waals surface area (Å²) in [5, 5.41) is 3.09. The lowest BCUT2D eigenvalue weighted by Crippen LogP contribution is -2.35. The number of hydrogen-bond acceptors (Lipinski definition) is 3. The van der Waals surface area contributed by atoms with Gasteiger partial charge in [-0.15, -0.1) is 0 Å². The lowest BCUT2D eigenvalue weighted by atomic mass is 10.2. The zero-order valence-electron chi connectivity index (χ0n) is 11.9. The van der Waals surface area contributed by atoms with Gasteiger partial charge in [0.05, 0.1) is 11.3 Å². The Morgan fingerprint density at radius 3 is 2.24 bits per heavy atom. The van der Waals surface area contributed by atoms with Gasteiger partial charge in [-0.1, -0.05) is 19.1 Å². The molecule has 0 heterocycles. The Labute approximate surface area is 122 Å². The van der Waals surface area contributed by atoms with Crippen LogP contribution in [0.15, 0.2) is 29.2 Å². The van der Waals surface area contributed by atoms with Gasteiger partial charge in [-0.25, -0.2) is 13.1 Å². The Morgan fingerprint density at radius 1 is 1.19 bits per heavy atom. The molecule has 0 amide bonds. The largest absolute Gasteiger partial charge is 0.390 e. The molecule has 1 atom stereocenters. The van der Waals surface area contributed by atoms with Crippen LogP contribution >= 0.6 is 0 Å². The number of benzene rings is 1. The third-order valence-electron chi connectivity index (χ3n) is 2.71. The number of rotatable bonds is 7. The van der Waals surface area contributed by atoms with Crippen LogP contribution in [-0.4, -0.2) is 27.2 Å². The number of alkyl halides is 3. The molecule has 0 spiro atoms. The topological polar surface area (TPSA) is 58.2 Å². The minimum Gasteiger partial charge on any atom is -0.313 e. The van der Waals surface area contributed by atoms with Crippen molar-refractivity contribution in [3.05, 3.63) is 29.8 Å². The average Bonchev–Trinajstić information content (AvgIpc) is 2.33. The van der Waals surface area contributed by atoms with Crippen LogP contribution in [-0.2, 0) is 16.6 Å². The van der Waals surface area contributed by atoms with Gasteiger partial charge in [0.25, 0.3) is 0 Å². The molecular formula is C13H19F3N2O2S. The Hall–Kier alpha value is -1.12. The highest BCUT2D eigenvalue weighted by molar-refractivity contribution is 7.89. The predicted octanol–water partition coefficient (Wildman–Crippen LogP) is 2.42. The first-order valence-corrected chi connectivity index (χ1v) is 8.01. The number of halogens is 3. The van der Waals surface area contributed by atoms with Gasteiger partial charge in [-0.3, -0.25) is 0 Å². The normalized spacial score (nSPS) is 14.1. The summed E-state index contributed by atoms with van der Waals surface area (Å²) in [5.74, 6) is 0. The first-order chi connectivity index (χ1) is 9.64. The van der Waals surface area contributed by atoms with Crippen LogP contribution in [0.4, 0.5) is 13.2 Å². The third-order valence-corrected chi connectivity index (χ3v) is 4.31. The molecule has 1 aromatic rings. The molecule has 0 fully saturated rings. The van der Waals surface area contributed by atoms with Crippen LogP contribution in [0.25, 0.3) is 0 Å². The van der Waals surface area contributed by atoms with E-state index in [-0.39, 0.29) is 4.90 Å². The summed E-state index contributed by atoms with van der Waals surface area (Å²) in [5.41, 5.74) is 0.902. The van der Waals surface area contributed by atoms with Crippen LogP contribution < -0.4 is 10.0 Å². The molecule has 0 radical (unpaired) electrons. The van der Waals surface area contributed by atoms with E-state index in [4.69, 9.17) is 0 Å². The molecule has 0 saturated carbocycles. The molecule has 8 heteroatoms. The van der Waals surface area contributed by atoms with Crippen LogP contribution in [0, 0.1) is 0 Å². The van der Waals surface area contributed by atoms with E-state index < -0.39 is 28.7 Å². The fourth-order valence-electron chi connectivity index (χ4n) is 1.78. The van der Waals surface area contributed by atoms with Crippen molar-refractivity contribution >= 4 is 10.0 Å². The van der Waals surface area contributed by atoms with Crippen molar-refractivity contribution in [2.75, 3.05) is 6.54 Å². The van der Waals surface area contributed by atoms with Crippen molar-refractivity contribution in [1.82, 2.24) is 10.0 Å². The molecular weight excluding hydrogens is 305 g/mol. The summed E-state index contributed by atoms with van der Waals surface area (Å²) in [6.07, 6.45) is -5.61. The van der Waals surface area contributed by atoms with Gasteiger partial charge in [0.15, 0.2) is 0 Å². The summed E-state index contributed by atoms with van der Waals surface area (Å²) in [7, 11) is -3.94. The fourth-order valence-corrected chi connectivity index (χ4v) is 3.02. The van der Waals surface area contributed by atoms with E-state index in [0.717, 1.165) is 12.1 Å². The minimum atomic E-state index is -4.41. The van der Waals surface area contributed by atoms with Crippen LogP contribution in [0.1, 0.15) is 25.8 Å². The molecule has 120 valence electrons. The van der Waals surface area contributed by atoms with Crippen molar-refractivity contribution < 1.29 is 21.6 Å². The molecule has 0 aliphatic rings. The highest BCUT2D eigenvalue weighted by Gasteiger charge is 2.31. The van der Waals surface area contributed by atoms with Crippen LogP contribution in [0.2, 0.25) is 0 Å². The van der Waals surface area contributed by atoms with Gasteiger partial charge >= 0.3 is 6.18 Å². The van der Waals surface area contributed by atoms with Crippen LogP contribution in [0.5, 0.6) is 0 Å². The van der Waals surface area contributed by atoms with Crippen molar-refractivity contribution in [2.45, 2.75) is 43.9 Å². The molecule has 21 heavy (non-hydrogen) atoms. The maximum Gasteiger partial charge on any atom is 0.390 e. The first kappa shape index (κ1) is 17.9. The SMILES string of the molecule is CCNCc1ccc(S(=O)(=O)NC(C)CC(F)(F)F)cc1. The van der Waals surface area contributed by atoms with Gasteiger partial charge in [0.2, 0.25) is 10.0 Å². The molecule has 0 aliphatic heterocycles. The second kappa shape index (κ2) is 7.24. The highest BCUT2D eigenvalue weighted by Crippen LogP contribution is 2.22.